The van der Waals surface area contributed by atoms with Gasteiger partial charge in [-0.05, 0) is 22.9 Å². The number of rotatable bonds is 2. The average molecular weight is 734 g/mol. The van der Waals surface area contributed by atoms with Gasteiger partial charge in [0, 0.05) is 11.4 Å². The van der Waals surface area contributed by atoms with Crippen molar-refractivity contribution >= 4 is 43.4 Å². The Morgan fingerprint density at radius 3 is 1.17 bits per heavy atom. The first-order chi connectivity index (χ1) is 18.8. The van der Waals surface area contributed by atoms with Gasteiger partial charge in [0.05, 0.1) is 11.0 Å². The molecule has 2 aromatic heterocycles. The van der Waals surface area contributed by atoms with E-state index in [0.29, 0.717) is 0 Å². The molecule has 0 aliphatic rings. The second-order valence-corrected chi connectivity index (χ2v) is 9.52. The van der Waals surface area contributed by atoms with Crippen molar-refractivity contribution in [1.29, 1.82) is 0 Å². The third-order valence-electron chi connectivity index (χ3n) is 7.02. The van der Waals surface area contributed by atoms with Crippen molar-refractivity contribution in [3.8, 4) is 22.5 Å². The van der Waals surface area contributed by atoms with Gasteiger partial charge in [0.25, 0.3) is 0 Å². The van der Waals surface area contributed by atoms with Crippen LogP contribution in [0.4, 0.5) is 0 Å². The largest absolute Gasteiger partial charge is 4.00 e. The van der Waals surface area contributed by atoms with E-state index in [1.54, 1.807) is 0 Å². The number of nitrogens with zero attached hydrogens (tertiary/aromatic N) is 2. The maximum absolute atomic E-state index is 4.74. The first-order valence-electron chi connectivity index (χ1n) is 12.8. The molecule has 5 heteroatoms. The molecule has 0 bridgehead atoms. The molecule has 0 saturated carbocycles. The Labute approximate surface area is 270 Å². The van der Waals surface area contributed by atoms with Gasteiger partial charge >= 0.3 is 25.8 Å². The number of para-hydroxylation sites is 2. The third kappa shape index (κ3) is 6.33. The first kappa shape index (κ1) is 30.3. The summed E-state index contributed by atoms with van der Waals surface area (Å²) in [7, 11) is 0. The summed E-state index contributed by atoms with van der Waals surface area (Å²) in [5.74, 6) is 0. The van der Waals surface area contributed by atoms with Crippen LogP contribution < -0.4 is 24.8 Å². The fourth-order valence-corrected chi connectivity index (χ4v) is 5.05. The van der Waals surface area contributed by atoms with Crippen LogP contribution in [-0.4, -0.2) is 9.97 Å². The van der Waals surface area contributed by atoms with E-state index in [2.05, 4.69) is 121 Å². The summed E-state index contributed by atoms with van der Waals surface area (Å²) in [5.41, 5.74) is 6.54. The Balaban J connectivity index is 0.000000176. The Morgan fingerprint density at radius 1 is 0.390 bits per heavy atom. The molecular weight excluding hydrogens is 710 g/mol. The van der Waals surface area contributed by atoms with Crippen molar-refractivity contribution in [1.82, 2.24) is 9.97 Å². The van der Waals surface area contributed by atoms with Gasteiger partial charge in [-0.1, -0.05) is 97.1 Å². The second-order valence-electron chi connectivity index (χ2n) is 9.52. The molecule has 0 fully saturated rings. The maximum atomic E-state index is 4.74. The van der Waals surface area contributed by atoms with Crippen LogP contribution in [0.2, 0.25) is 0 Å². The molecule has 41 heavy (non-hydrogen) atoms. The number of benzene rings is 4. The van der Waals surface area contributed by atoms with E-state index < -0.39 is 0 Å². The number of hydrogen-bond acceptors (Lipinski definition) is 2. The molecule has 0 radical (unpaired) electrons. The molecule has 0 amide bonds. The molecule has 0 aliphatic carbocycles. The van der Waals surface area contributed by atoms with Gasteiger partial charge in [-0.15, -0.1) is 69.1 Å². The molecule has 0 atom stereocenters. The van der Waals surface area contributed by atoms with Crippen LogP contribution in [0.1, 0.15) is 0 Å². The molecule has 0 spiro atoms. The predicted molar refractivity (Wildman–Crippen MR) is 161 cm³/mol. The van der Waals surface area contributed by atoms with Gasteiger partial charge in [-0.25, -0.2) is 0 Å². The number of hydrogen-bond donors (Lipinski definition) is 0. The van der Waals surface area contributed by atoms with E-state index in [1.807, 2.05) is 24.3 Å². The topological polar surface area (TPSA) is 25.8 Å². The van der Waals surface area contributed by atoms with Gasteiger partial charge in [0.2, 0.25) is 0 Å². The molecule has 2 heterocycles. The molecule has 8 rings (SSSR count). The summed E-state index contributed by atoms with van der Waals surface area (Å²) >= 11 is 0. The van der Waals surface area contributed by atoms with E-state index in [9.17, 15) is 0 Å². The standard InChI is InChI=1S/2C18H12N.2ClH.Hf/c2*1-2-7-15-12-16(11-14(15)6-1)18-10-9-13-5-3-4-8-17(13)19-18;;;/h2*1-12H;2*1H;/q2*-1;;;+4/p-2. The normalized spacial score (nSPS) is 10.3. The fraction of sp³-hybridized carbons (Fsp3) is 0. The van der Waals surface area contributed by atoms with Crippen molar-refractivity contribution in [2.24, 2.45) is 0 Å². The zero-order valence-electron chi connectivity index (χ0n) is 22.0. The van der Waals surface area contributed by atoms with Crippen molar-refractivity contribution in [3.63, 3.8) is 0 Å². The summed E-state index contributed by atoms with van der Waals surface area (Å²) in [5, 5.41) is 7.45. The zero-order valence-corrected chi connectivity index (χ0v) is 27.1. The number of pyridine rings is 2. The molecule has 8 aromatic rings. The van der Waals surface area contributed by atoms with Crippen LogP contribution in [0, 0.1) is 0 Å². The fourth-order valence-electron chi connectivity index (χ4n) is 5.05. The van der Waals surface area contributed by atoms with Gasteiger partial charge in [-0.2, -0.15) is 0 Å². The summed E-state index contributed by atoms with van der Waals surface area (Å²) in [6, 6.07) is 50.5. The van der Waals surface area contributed by atoms with Crippen LogP contribution >= 0.6 is 0 Å². The molecule has 196 valence electrons. The SMILES string of the molecule is [Cl-].[Cl-].[Hf+4].c1ccc2[cH-]c(-c3ccc4ccccc4n3)cc2c1.c1ccc2[cH-]c(-c3ccc4ccccc4n3)cc2c1. The molecule has 0 saturated heterocycles. The van der Waals surface area contributed by atoms with Crippen molar-refractivity contribution in [2.75, 3.05) is 0 Å². The van der Waals surface area contributed by atoms with Crippen molar-refractivity contribution in [2.45, 2.75) is 0 Å². The predicted octanol–water partition coefficient (Wildman–Crippen LogP) is 3.55. The summed E-state index contributed by atoms with van der Waals surface area (Å²) in [6.07, 6.45) is 0. The monoisotopic (exact) mass is 734 g/mol. The Kier molecular flexibility index (Phi) is 9.88. The number of fused-ring (bicyclic) bond motifs is 4. The molecule has 6 aromatic carbocycles. The van der Waals surface area contributed by atoms with E-state index >= 15 is 0 Å². The molecule has 0 unspecified atom stereocenters. The van der Waals surface area contributed by atoms with Gasteiger partial charge in [0.15, 0.2) is 0 Å². The summed E-state index contributed by atoms with van der Waals surface area (Å²) in [4.78, 5) is 9.48. The van der Waals surface area contributed by atoms with Gasteiger partial charge in [-0.3, -0.25) is 9.97 Å². The molecule has 0 N–H and O–H groups in total. The molecular formula is C36H24Cl2HfN2. The average Bonchev–Trinajstić information content (AvgIpc) is 3.62. The minimum absolute atomic E-state index is 0. The van der Waals surface area contributed by atoms with Gasteiger partial charge < -0.3 is 24.8 Å². The number of aromatic nitrogens is 2. The van der Waals surface area contributed by atoms with E-state index in [1.165, 1.54) is 43.4 Å². The van der Waals surface area contributed by atoms with Crippen molar-refractivity contribution in [3.05, 3.63) is 146 Å². The Morgan fingerprint density at radius 2 is 0.756 bits per heavy atom. The van der Waals surface area contributed by atoms with E-state index in [-0.39, 0.29) is 50.7 Å². The van der Waals surface area contributed by atoms with Crippen LogP contribution in [0.3, 0.4) is 0 Å². The Hall–Kier alpha value is -3.63. The first-order valence-corrected chi connectivity index (χ1v) is 12.8. The van der Waals surface area contributed by atoms with Crippen molar-refractivity contribution < 1.29 is 50.7 Å². The summed E-state index contributed by atoms with van der Waals surface area (Å²) in [6.45, 7) is 0. The third-order valence-corrected chi connectivity index (χ3v) is 7.02. The maximum Gasteiger partial charge on any atom is 4.00 e. The zero-order chi connectivity index (χ0) is 25.3. The molecule has 2 nitrogen and oxygen atoms in total. The minimum Gasteiger partial charge on any atom is -1.00 e. The van der Waals surface area contributed by atoms with Crippen LogP contribution in [-0.2, 0) is 25.8 Å². The number of halogens is 2. The van der Waals surface area contributed by atoms with E-state index in [0.717, 1.165) is 22.4 Å². The quantitative estimate of drug-likeness (QED) is 0.201. The van der Waals surface area contributed by atoms with E-state index in [4.69, 9.17) is 9.97 Å². The smallest absolute Gasteiger partial charge is 1.00 e. The second kappa shape index (κ2) is 13.4. The minimum atomic E-state index is 0. The molecule has 0 aliphatic heterocycles. The van der Waals surface area contributed by atoms with Gasteiger partial charge in [0.1, 0.15) is 0 Å². The van der Waals surface area contributed by atoms with Crippen LogP contribution in [0.5, 0.6) is 0 Å². The van der Waals surface area contributed by atoms with Crippen LogP contribution in [0.15, 0.2) is 146 Å². The van der Waals surface area contributed by atoms with Crippen LogP contribution in [0.25, 0.3) is 65.9 Å². The Bertz CT molecular complexity index is 1840. The summed E-state index contributed by atoms with van der Waals surface area (Å²) < 4.78 is 0.